The minimum absolute atomic E-state index is 0.0313. The van der Waals surface area contributed by atoms with E-state index in [1.807, 2.05) is 0 Å². The van der Waals surface area contributed by atoms with Gasteiger partial charge in [0.1, 0.15) is 17.1 Å². The predicted octanol–water partition coefficient (Wildman–Crippen LogP) is 6.99. The molecule has 30 heavy (non-hydrogen) atoms. The van der Waals surface area contributed by atoms with Crippen molar-refractivity contribution in [2.45, 2.75) is 104 Å². The summed E-state index contributed by atoms with van der Waals surface area (Å²) in [6.45, 7) is 13.6. The number of fused-ring (bicyclic) bond motifs is 2. The minimum atomic E-state index is -0.969. The number of methoxy groups -OCH3 is 2. The smallest absolute Gasteiger partial charge is 0.129 e. The first-order valence-corrected chi connectivity index (χ1v) is 12.0. The summed E-state index contributed by atoms with van der Waals surface area (Å²) in [6, 6.07) is 4.34. The van der Waals surface area contributed by atoms with E-state index in [1.54, 1.807) is 14.2 Å². The number of ether oxygens (including phenoxy) is 2. The molecule has 0 aliphatic heterocycles. The second kappa shape index (κ2) is 8.04. The van der Waals surface area contributed by atoms with Crippen LogP contribution < -0.4 is 9.47 Å². The van der Waals surface area contributed by atoms with Crippen molar-refractivity contribution in [3.63, 3.8) is 0 Å². The molecule has 2 aliphatic rings. The fourth-order valence-corrected chi connectivity index (χ4v) is 6.68. The van der Waals surface area contributed by atoms with Crippen LogP contribution in [0.2, 0.25) is 0 Å². The summed E-state index contributed by atoms with van der Waals surface area (Å²) in [5, 5.41) is 12.4. The number of aliphatic hydroxyl groups is 1. The average Bonchev–Trinajstić information content (AvgIpc) is 3.18. The summed E-state index contributed by atoms with van der Waals surface area (Å²) < 4.78 is 11.9. The fraction of sp³-hybridized carbons (Fsp3) is 0.778. The lowest BCUT2D eigenvalue weighted by Crippen LogP contribution is -2.51. The van der Waals surface area contributed by atoms with E-state index >= 15 is 0 Å². The molecule has 1 aromatic rings. The van der Waals surface area contributed by atoms with Crippen LogP contribution in [0.1, 0.15) is 104 Å². The first kappa shape index (κ1) is 23.4. The molecule has 2 fully saturated rings. The molecule has 3 atom stereocenters. The van der Waals surface area contributed by atoms with Crippen molar-refractivity contribution >= 4 is 0 Å². The topological polar surface area (TPSA) is 38.7 Å². The van der Waals surface area contributed by atoms with Crippen molar-refractivity contribution in [2.75, 3.05) is 14.2 Å². The minimum Gasteiger partial charge on any atom is -0.496 e. The Morgan fingerprint density at radius 3 is 2.10 bits per heavy atom. The van der Waals surface area contributed by atoms with Gasteiger partial charge in [-0.05, 0) is 54.7 Å². The van der Waals surface area contributed by atoms with E-state index < -0.39 is 5.60 Å². The molecule has 170 valence electrons. The summed E-state index contributed by atoms with van der Waals surface area (Å²) in [5.41, 5.74) is 0.766. The van der Waals surface area contributed by atoms with Gasteiger partial charge in [0.05, 0.1) is 19.8 Å². The number of benzene rings is 1. The zero-order chi connectivity index (χ0) is 22.4. The van der Waals surface area contributed by atoms with E-state index in [2.05, 4.69) is 53.7 Å². The van der Waals surface area contributed by atoms with Crippen molar-refractivity contribution in [3.8, 4) is 11.5 Å². The Hall–Kier alpha value is -1.22. The molecular formula is C27H44O3. The fourth-order valence-electron chi connectivity index (χ4n) is 6.68. The molecule has 3 unspecified atom stereocenters. The lowest BCUT2D eigenvalue weighted by Gasteiger charge is -2.51. The third kappa shape index (κ3) is 3.36. The maximum atomic E-state index is 12.4. The van der Waals surface area contributed by atoms with Crippen LogP contribution in [0.5, 0.6) is 11.5 Å². The molecule has 0 radical (unpaired) electrons. The summed E-state index contributed by atoms with van der Waals surface area (Å²) in [7, 11) is 3.45. The van der Waals surface area contributed by atoms with Crippen LogP contribution in [0.3, 0.4) is 0 Å². The van der Waals surface area contributed by atoms with Gasteiger partial charge in [0, 0.05) is 10.8 Å². The Kier molecular flexibility index (Phi) is 6.28. The standard InChI is InChI=1S/C27H44O3/c1-9-10-11-12-14-24(2,3)20-16-21(29-7)23(22(17-20)30-8)27(28)25(4,5)19-13-15-26(27,6)18-19/h16-17,19,28H,9-15,18H2,1-8H3. The van der Waals surface area contributed by atoms with Crippen LogP contribution in [-0.4, -0.2) is 19.3 Å². The molecule has 2 saturated carbocycles. The third-order valence-electron chi connectivity index (χ3n) is 8.87. The van der Waals surface area contributed by atoms with Crippen LogP contribution in [-0.2, 0) is 11.0 Å². The summed E-state index contributed by atoms with van der Waals surface area (Å²) in [6.07, 6.45) is 9.49. The Bertz CT molecular complexity index is 734. The van der Waals surface area contributed by atoms with Gasteiger partial charge in [0.2, 0.25) is 0 Å². The second-order valence-electron chi connectivity index (χ2n) is 11.4. The van der Waals surface area contributed by atoms with E-state index in [0.29, 0.717) is 5.92 Å². The molecule has 0 aromatic heterocycles. The summed E-state index contributed by atoms with van der Waals surface area (Å²) in [4.78, 5) is 0. The van der Waals surface area contributed by atoms with Gasteiger partial charge in [-0.15, -0.1) is 0 Å². The van der Waals surface area contributed by atoms with Crippen molar-refractivity contribution in [2.24, 2.45) is 16.7 Å². The summed E-state index contributed by atoms with van der Waals surface area (Å²) in [5.74, 6) is 2.07. The van der Waals surface area contributed by atoms with Gasteiger partial charge < -0.3 is 14.6 Å². The van der Waals surface area contributed by atoms with Crippen LogP contribution in [0, 0.1) is 16.7 Å². The highest BCUT2D eigenvalue weighted by atomic mass is 16.5. The molecule has 3 nitrogen and oxygen atoms in total. The van der Waals surface area contributed by atoms with Crippen LogP contribution in [0.15, 0.2) is 12.1 Å². The first-order valence-electron chi connectivity index (χ1n) is 12.0. The van der Waals surface area contributed by atoms with E-state index in [-0.39, 0.29) is 16.2 Å². The average molecular weight is 417 g/mol. The lowest BCUT2D eigenvalue weighted by molar-refractivity contribution is -0.152. The molecule has 0 saturated heterocycles. The first-order chi connectivity index (χ1) is 14.0. The van der Waals surface area contributed by atoms with E-state index in [1.165, 1.54) is 37.7 Å². The quantitative estimate of drug-likeness (QED) is 0.441. The molecule has 2 aliphatic carbocycles. The van der Waals surface area contributed by atoms with Crippen molar-refractivity contribution in [3.05, 3.63) is 23.3 Å². The third-order valence-corrected chi connectivity index (χ3v) is 8.87. The SMILES string of the molecule is CCCCCCC(C)(C)c1cc(OC)c(C2(O)C3(C)CCC(C3)C2(C)C)c(OC)c1. The lowest BCUT2D eigenvalue weighted by atomic mass is 9.57. The van der Waals surface area contributed by atoms with E-state index in [9.17, 15) is 5.11 Å². The molecule has 2 bridgehead atoms. The largest absolute Gasteiger partial charge is 0.496 e. The molecule has 0 spiro atoms. The van der Waals surface area contributed by atoms with Gasteiger partial charge in [-0.3, -0.25) is 0 Å². The van der Waals surface area contributed by atoms with Crippen LogP contribution >= 0.6 is 0 Å². The van der Waals surface area contributed by atoms with Crippen LogP contribution in [0.4, 0.5) is 0 Å². The molecule has 0 heterocycles. The Morgan fingerprint density at radius 2 is 1.63 bits per heavy atom. The van der Waals surface area contributed by atoms with Crippen LogP contribution in [0.25, 0.3) is 0 Å². The normalized spacial score (nSPS) is 30.0. The highest BCUT2D eigenvalue weighted by Crippen LogP contribution is 2.73. The molecular weight excluding hydrogens is 372 g/mol. The van der Waals surface area contributed by atoms with E-state index in [0.717, 1.165) is 36.3 Å². The maximum absolute atomic E-state index is 12.4. The van der Waals surface area contributed by atoms with Crippen molar-refractivity contribution in [1.82, 2.24) is 0 Å². The second-order valence-corrected chi connectivity index (χ2v) is 11.4. The predicted molar refractivity (Wildman–Crippen MR) is 124 cm³/mol. The Labute approximate surface area is 184 Å². The highest BCUT2D eigenvalue weighted by molar-refractivity contribution is 5.55. The number of unbranched alkanes of at least 4 members (excludes halogenated alkanes) is 3. The monoisotopic (exact) mass is 416 g/mol. The van der Waals surface area contributed by atoms with Crippen molar-refractivity contribution < 1.29 is 14.6 Å². The number of rotatable bonds is 9. The summed E-state index contributed by atoms with van der Waals surface area (Å²) >= 11 is 0. The maximum Gasteiger partial charge on any atom is 0.129 e. The Morgan fingerprint density at radius 1 is 1.03 bits per heavy atom. The van der Waals surface area contributed by atoms with Gasteiger partial charge in [0.25, 0.3) is 0 Å². The molecule has 3 heteroatoms. The Balaban J connectivity index is 2.07. The van der Waals surface area contributed by atoms with Gasteiger partial charge >= 0.3 is 0 Å². The van der Waals surface area contributed by atoms with Gasteiger partial charge in [-0.1, -0.05) is 67.2 Å². The zero-order valence-electron chi connectivity index (χ0n) is 20.7. The molecule has 1 aromatic carbocycles. The van der Waals surface area contributed by atoms with Gasteiger partial charge in [-0.2, -0.15) is 0 Å². The number of hydrogen-bond acceptors (Lipinski definition) is 3. The molecule has 0 amide bonds. The van der Waals surface area contributed by atoms with Gasteiger partial charge in [-0.25, -0.2) is 0 Å². The van der Waals surface area contributed by atoms with E-state index in [4.69, 9.17) is 9.47 Å². The zero-order valence-corrected chi connectivity index (χ0v) is 20.7. The van der Waals surface area contributed by atoms with Gasteiger partial charge in [0.15, 0.2) is 0 Å². The van der Waals surface area contributed by atoms with Crippen molar-refractivity contribution in [1.29, 1.82) is 0 Å². The highest BCUT2D eigenvalue weighted by Gasteiger charge is 2.70. The molecule has 3 rings (SSSR count). The number of hydrogen-bond donors (Lipinski definition) is 1. The molecule has 1 N–H and O–H groups in total.